The highest BCUT2D eigenvalue weighted by Crippen LogP contribution is 2.16. The van der Waals surface area contributed by atoms with Gasteiger partial charge in [0.1, 0.15) is 5.75 Å². The van der Waals surface area contributed by atoms with Crippen molar-refractivity contribution in [2.45, 2.75) is 25.8 Å². The fraction of sp³-hybridized carbons (Fsp3) is 0.167. The minimum atomic E-state index is -0.743. The van der Waals surface area contributed by atoms with Crippen LogP contribution in [-0.4, -0.2) is 23.5 Å². The van der Waals surface area contributed by atoms with Crippen LogP contribution in [0.3, 0.4) is 0 Å². The van der Waals surface area contributed by atoms with Crippen molar-refractivity contribution in [3.63, 3.8) is 0 Å². The van der Waals surface area contributed by atoms with Gasteiger partial charge in [-0.25, -0.2) is 4.79 Å². The quantitative estimate of drug-likeness (QED) is 0.211. The second-order valence-corrected chi connectivity index (χ2v) is 8.16. The molecule has 0 aliphatic heterocycles. The third kappa shape index (κ3) is 7.41. The molecule has 0 radical (unpaired) electrons. The molecule has 0 spiro atoms. The monoisotopic (exact) mass is 451 g/mol. The molecule has 4 aromatic carbocycles. The van der Waals surface area contributed by atoms with Crippen LogP contribution >= 0.6 is 0 Å². The van der Waals surface area contributed by atoms with Crippen LogP contribution in [0.5, 0.6) is 5.75 Å². The smallest absolute Gasteiger partial charge is 0.342 e. The van der Waals surface area contributed by atoms with Gasteiger partial charge in [0.2, 0.25) is 0 Å². The van der Waals surface area contributed by atoms with Crippen molar-refractivity contribution < 1.29 is 14.3 Å². The molecule has 0 amide bonds. The summed E-state index contributed by atoms with van der Waals surface area (Å²) in [4.78, 5) is 15.4. The number of rotatable bonds is 11. The van der Waals surface area contributed by atoms with Gasteiger partial charge in [0, 0.05) is 19.6 Å². The average Bonchev–Trinajstić information content (AvgIpc) is 2.89. The topological polar surface area (TPSA) is 38.8 Å². The van der Waals surface area contributed by atoms with E-state index in [1.807, 2.05) is 84.9 Å². The van der Waals surface area contributed by atoms with Crippen LogP contribution in [-0.2, 0) is 29.2 Å². The van der Waals surface area contributed by atoms with Crippen LogP contribution in [0.4, 0.5) is 0 Å². The predicted molar refractivity (Wildman–Crippen MR) is 134 cm³/mol. The summed E-state index contributed by atoms with van der Waals surface area (Å²) in [7, 11) is 0. The molecule has 0 heterocycles. The highest BCUT2D eigenvalue weighted by molar-refractivity contribution is 5.77. The fourth-order valence-electron chi connectivity index (χ4n) is 3.74. The Morgan fingerprint density at radius 3 is 1.56 bits per heavy atom. The minimum absolute atomic E-state index is 0.333. The largest absolute Gasteiger partial charge is 0.425 e. The molecule has 4 nitrogen and oxygen atoms in total. The van der Waals surface area contributed by atoms with E-state index in [2.05, 4.69) is 29.2 Å². The minimum Gasteiger partial charge on any atom is -0.425 e. The van der Waals surface area contributed by atoms with Gasteiger partial charge in [-0.2, -0.15) is 0 Å². The summed E-state index contributed by atoms with van der Waals surface area (Å²) in [6, 6.07) is 39.5. The number of para-hydroxylation sites is 1. The molecule has 34 heavy (non-hydrogen) atoms. The summed E-state index contributed by atoms with van der Waals surface area (Å²) in [6.07, 6.45) is -0.743. The van der Waals surface area contributed by atoms with Crippen molar-refractivity contribution >= 4 is 5.97 Å². The Kier molecular flexibility index (Phi) is 8.61. The third-order valence-corrected chi connectivity index (χ3v) is 5.44. The first-order valence-electron chi connectivity index (χ1n) is 11.5. The molecule has 0 saturated carbocycles. The summed E-state index contributed by atoms with van der Waals surface area (Å²) >= 11 is 0. The van der Waals surface area contributed by atoms with Gasteiger partial charge in [-0.05, 0) is 28.8 Å². The van der Waals surface area contributed by atoms with E-state index < -0.39 is 12.1 Å². The maximum atomic E-state index is 13.2. The Labute approximate surface area is 201 Å². The molecule has 1 atom stereocenters. The summed E-state index contributed by atoms with van der Waals surface area (Å²) in [5, 5.41) is 0. The Balaban J connectivity index is 1.53. The number of hydrogen-bond donors (Lipinski definition) is 0. The number of nitrogens with zero attached hydrogens (tertiary/aromatic N) is 1. The molecule has 0 fully saturated rings. The van der Waals surface area contributed by atoms with Gasteiger partial charge in [-0.1, -0.05) is 109 Å². The van der Waals surface area contributed by atoms with Crippen molar-refractivity contribution in [1.29, 1.82) is 0 Å². The molecule has 0 aliphatic rings. The standard InChI is InChI=1S/C30H29NO3/c32-30(34-28-19-11-4-12-20-28)29(33-24-27-17-9-3-10-18-27)23-31(21-25-13-5-1-6-14-25)22-26-15-7-2-8-16-26/h1-20,29H,21-24H2/t29-/m0/s1. The van der Waals surface area contributed by atoms with E-state index in [-0.39, 0.29) is 0 Å². The summed E-state index contributed by atoms with van der Waals surface area (Å²) in [6.45, 7) is 2.13. The molecule has 4 rings (SSSR count). The van der Waals surface area contributed by atoms with Crippen LogP contribution in [0.15, 0.2) is 121 Å². The molecular weight excluding hydrogens is 422 g/mol. The predicted octanol–water partition coefficient (Wildman–Crippen LogP) is 5.88. The molecular formula is C30H29NO3. The lowest BCUT2D eigenvalue weighted by atomic mass is 10.1. The second kappa shape index (κ2) is 12.5. The Morgan fingerprint density at radius 2 is 1.06 bits per heavy atom. The zero-order valence-electron chi connectivity index (χ0n) is 19.1. The summed E-state index contributed by atoms with van der Waals surface area (Å²) < 4.78 is 11.8. The van der Waals surface area contributed by atoms with E-state index in [0.717, 1.165) is 5.56 Å². The van der Waals surface area contributed by atoms with Crippen LogP contribution < -0.4 is 4.74 Å². The summed E-state index contributed by atoms with van der Waals surface area (Å²) in [5.41, 5.74) is 3.37. The van der Waals surface area contributed by atoms with Gasteiger partial charge in [-0.15, -0.1) is 0 Å². The van der Waals surface area contributed by atoms with Crippen molar-refractivity contribution in [2.75, 3.05) is 6.54 Å². The Morgan fingerprint density at radius 1 is 0.618 bits per heavy atom. The number of carbonyl (C=O) groups is 1. The molecule has 4 heteroatoms. The zero-order chi connectivity index (χ0) is 23.4. The molecule has 172 valence electrons. The van der Waals surface area contributed by atoms with Gasteiger partial charge < -0.3 is 9.47 Å². The van der Waals surface area contributed by atoms with Crippen LogP contribution in [0.25, 0.3) is 0 Å². The van der Waals surface area contributed by atoms with E-state index >= 15 is 0 Å². The molecule has 0 unspecified atom stereocenters. The lowest BCUT2D eigenvalue weighted by molar-refractivity contribution is -0.150. The first kappa shape index (κ1) is 23.4. The van der Waals surface area contributed by atoms with E-state index in [4.69, 9.17) is 9.47 Å². The van der Waals surface area contributed by atoms with Crippen LogP contribution in [0, 0.1) is 0 Å². The van der Waals surface area contributed by atoms with Gasteiger partial charge in [0.15, 0.2) is 6.10 Å². The Hall–Kier alpha value is -3.73. The molecule has 0 aliphatic carbocycles. The second-order valence-electron chi connectivity index (χ2n) is 8.16. The lowest BCUT2D eigenvalue weighted by Gasteiger charge is -2.27. The van der Waals surface area contributed by atoms with E-state index in [0.29, 0.717) is 32.0 Å². The number of benzene rings is 4. The highest BCUT2D eigenvalue weighted by atomic mass is 16.6. The van der Waals surface area contributed by atoms with Crippen molar-refractivity contribution in [3.8, 4) is 5.75 Å². The van der Waals surface area contributed by atoms with E-state index in [1.165, 1.54) is 11.1 Å². The number of ether oxygens (including phenoxy) is 2. The van der Waals surface area contributed by atoms with Gasteiger partial charge in [0.05, 0.1) is 6.61 Å². The first-order valence-corrected chi connectivity index (χ1v) is 11.5. The molecule has 0 aromatic heterocycles. The van der Waals surface area contributed by atoms with Crippen molar-refractivity contribution in [2.24, 2.45) is 0 Å². The van der Waals surface area contributed by atoms with Gasteiger partial charge in [0.25, 0.3) is 0 Å². The maximum Gasteiger partial charge on any atom is 0.342 e. The maximum absolute atomic E-state index is 13.2. The number of hydrogen-bond acceptors (Lipinski definition) is 4. The first-order chi connectivity index (χ1) is 16.8. The SMILES string of the molecule is O=C(Oc1ccccc1)[C@H](CN(Cc1ccccc1)Cc1ccccc1)OCc1ccccc1. The summed E-state index contributed by atoms with van der Waals surface area (Å²) in [5.74, 6) is 0.117. The van der Waals surface area contributed by atoms with Crippen molar-refractivity contribution in [1.82, 2.24) is 4.90 Å². The average molecular weight is 452 g/mol. The number of carbonyl (C=O) groups excluding carboxylic acids is 1. The highest BCUT2D eigenvalue weighted by Gasteiger charge is 2.25. The Bertz CT molecular complexity index is 1080. The van der Waals surface area contributed by atoms with Gasteiger partial charge in [-0.3, -0.25) is 4.90 Å². The van der Waals surface area contributed by atoms with Crippen LogP contribution in [0.2, 0.25) is 0 Å². The van der Waals surface area contributed by atoms with Gasteiger partial charge >= 0.3 is 5.97 Å². The molecule has 0 saturated heterocycles. The zero-order valence-corrected chi connectivity index (χ0v) is 19.1. The third-order valence-electron chi connectivity index (χ3n) is 5.44. The molecule has 0 bridgehead atoms. The van der Waals surface area contributed by atoms with E-state index in [9.17, 15) is 4.79 Å². The van der Waals surface area contributed by atoms with Crippen molar-refractivity contribution in [3.05, 3.63) is 138 Å². The normalized spacial score (nSPS) is 11.8. The van der Waals surface area contributed by atoms with Crippen LogP contribution in [0.1, 0.15) is 16.7 Å². The molecule has 0 N–H and O–H groups in total. The molecule has 4 aromatic rings. The number of esters is 1. The fourth-order valence-corrected chi connectivity index (χ4v) is 3.74. The van der Waals surface area contributed by atoms with E-state index in [1.54, 1.807) is 12.1 Å². The lowest BCUT2D eigenvalue weighted by Crippen LogP contribution is -2.40.